The molecule has 120 valence electrons. The molecule has 2 heterocycles. The smallest absolute Gasteiger partial charge is 0.125 e. The number of benzene rings is 2. The van der Waals surface area contributed by atoms with Crippen molar-refractivity contribution in [3.63, 3.8) is 0 Å². The maximum atomic E-state index is 6.11. The Kier molecular flexibility index (Phi) is 4.14. The van der Waals surface area contributed by atoms with Crippen molar-refractivity contribution in [2.24, 2.45) is 5.73 Å². The zero-order valence-corrected chi connectivity index (χ0v) is 14.6. The van der Waals surface area contributed by atoms with Gasteiger partial charge < -0.3 is 10.5 Å². The van der Waals surface area contributed by atoms with Gasteiger partial charge >= 0.3 is 0 Å². The number of hydrogen-bond donors (Lipinski definition) is 1. The Balaban J connectivity index is 1.83. The van der Waals surface area contributed by atoms with E-state index in [2.05, 4.69) is 63.3 Å². The van der Waals surface area contributed by atoms with E-state index in [9.17, 15) is 0 Å². The van der Waals surface area contributed by atoms with Crippen LogP contribution in [0.5, 0.6) is 5.75 Å². The van der Waals surface area contributed by atoms with Crippen LogP contribution in [0.1, 0.15) is 35.6 Å². The first-order chi connectivity index (χ1) is 11.2. The van der Waals surface area contributed by atoms with Gasteiger partial charge in [0.05, 0.1) is 6.04 Å². The third-order valence-electron chi connectivity index (χ3n) is 4.94. The second kappa shape index (κ2) is 6.27. The Morgan fingerprint density at radius 1 is 1.04 bits per heavy atom. The van der Waals surface area contributed by atoms with E-state index in [1.165, 1.54) is 16.7 Å². The van der Waals surface area contributed by atoms with E-state index in [1.807, 2.05) is 0 Å². The Bertz CT molecular complexity index is 710. The highest BCUT2D eigenvalue weighted by atomic mass is 79.9. The van der Waals surface area contributed by atoms with E-state index < -0.39 is 0 Å². The summed E-state index contributed by atoms with van der Waals surface area (Å²) in [6.45, 7) is 2.70. The fourth-order valence-electron chi connectivity index (χ4n) is 3.69. The predicted molar refractivity (Wildman–Crippen MR) is 95.5 cm³/mol. The molecule has 0 aliphatic carbocycles. The van der Waals surface area contributed by atoms with Gasteiger partial charge in [-0.15, -0.1) is 0 Å². The second-order valence-electron chi connectivity index (χ2n) is 6.45. The topological polar surface area (TPSA) is 38.5 Å². The molecule has 2 aromatic carbocycles. The average molecular weight is 373 g/mol. The number of hydrogen-bond acceptors (Lipinski definition) is 3. The zero-order chi connectivity index (χ0) is 15.8. The lowest BCUT2D eigenvalue weighted by atomic mass is 9.91. The maximum Gasteiger partial charge on any atom is 0.125 e. The van der Waals surface area contributed by atoms with Crippen LogP contribution in [0.4, 0.5) is 0 Å². The SMILES string of the molecule is NC1CCN(C2c3ccccc3COc3ccc(Br)cc32)CC1. The first-order valence-electron chi connectivity index (χ1n) is 8.22. The first kappa shape index (κ1) is 15.2. The Labute approximate surface area is 145 Å². The molecule has 3 nitrogen and oxygen atoms in total. The molecule has 0 spiro atoms. The average Bonchev–Trinajstić information content (AvgIpc) is 2.72. The van der Waals surface area contributed by atoms with E-state index >= 15 is 0 Å². The van der Waals surface area contributed by atoms with Crippen molar-refractivity contribution in [2.75, 3.05) is 13.1 Å². The number of nitrogens with two attached hydrogens (primary N) is 1. The van der Waals surface area contributed by atoms with Gasteiger partial charge in [-0.2, -0.15) is 0 Å². The van der Waals surface area contributed by atoms with Gasteiger partial charge in [0.1, 0.15) is 12.4 Å². The standard InChI is InChI=1S/C19H21BrN2O/c20-14-5-6-18-17(11-14)19(22-9-7-15(21)8-10-22)16-4-2-1-3-13(16)12-23-18/h1-6,11,15,19H,7-10,12,21H2. The summed E-state index contributed by atoms with van der Waals surface area (Å²) in [6.07, 6.45) is 2.12. The summed E-state index contributed by atoms with van der Waals surface area (Å²) in [6, 6.07) is 15.6. The molecule has 1 fully saturated rings. The zero-order valence-electron chi connectivity index (χ0n) is 13.0. The van der Waals surface area contributed by atoms with Gasteiger partial charge in [-0.25, -0.2) is 0 Å². The molecule has 1 unspecified atom stereocenters. The van der Waals surface area contributed by atoms with Gasteiger partial charge in [0.25, 0.3) is 0 Å². The van der Waals surface area contributed by atoms with Gasteiger partial charge in [0.2, 0.25) is 0 Å². The first-order valence-corrected chi connectivity index (χ1v) is 9.01. The number of fused-ring (bicyclic) bond motifs is 2. The monoisotopic (exact) mass is 372 g/mol. The quantitative estimate of drug-likeness (QED) is 0.825. The molecule has 0 amide bonds. The van der Waals surface area contributed by atoms with Crippen molar-refractivity contribution in [1.82, 2.24) is 4.90 Å². The van der Waals surface area contributed by atoms with Crippen LogP contribution in [-0.4, -0.2) is 24.0 Å². The molecule has 0 radical (unpaired) electrons. The summed E-state index contributed by atoms with van der Waals surface area (Å²) in [7, 11) is 0. The van der Waals surface area contributed by atoms with Gasteiger partial charge in [0, 0.05) is 29.2 Å². The third kappa shape index (κ3) is 2.91. The number of piperidine rings is 1. The fourth-order valence-corrected chi connectivity index (χ4v) is 4.07. The summed E-state index contributed by atoms with van der Waals surface area (Å²) in [5, 5.41) is 0. The number of rotatable bonds is 1. The minimum Gasteiger partial charge on any atom is -0.489 e. The minimum atomic E-state index is 0.244. The van der Waals surface area contributed by atoms with Crippen molar-refractivity contribution < 1.29 is 4.74 Å². The van der Waals surface area contributed by atoms with Crippen molar-refractivity contribution in [1.29, 1.82) is 0 Å². The van der Waals surface area contributed by atoms with E-state index in [0.717, 1.165) is 36.2 Å². The molecule has 0 bridgehead atoms. The highest BCUT2D eigenvalue weighted by molar-refractivity contribution is 9.10. The molecule has 4 rings (SSSR count). The maximum absolute atomic E-state index is 6.11. The third-order valence-corrected chi connectivity index (χ3v) is 5.43. The summed E-state index contributed by atoms with van der Waals surface area (Å²) >= 11 is 3.62. The Hall–Kier alpha value is -1.36. The van der Waals surface area contributed by atoms with Crippen LogP contribution in [0.2, 0.25) is 0 Å². The molecule has 2 aliphatic rings. The molecule has 0 aromatic heterocycles. The molecule has 2 aromatic rings. The molecule has 2 N–H and O–H groups in total. The lowest BCUT2D eigenvalue weighted by molar-refractivity contribution is 0.174. The summed E-state index contributed by atoms with van der Waals surface area (Å²) in [4.78, 5) is 2.56. The van der Waals surface area contributed by atoms with E-state index in [-0.39, 0.29) is 6.04 Å². The molecule has 2 aliphatic heterocycles. The molecular weight excluding hydrogens is 352 g/mol. The number of nitrogens with zero attached hydrogens (tertiary/aromatic N) is 1. The Morgan fingerprint density at radius 3 is 2.65 bits per heavy atom. The van der Waals surface area contributed by atoms with E-state index in [0.29, 0.717) is 12.6 Å². The van der Waals surface area contributed by atoms with Gasteiger partial charge in [-0.05, 0) is 42.2 Å². The van der Waals surface area contributed by atoms with Gasteiger partial charge in [-0.1, -0.05) is 40.2 Å². The fraction of sp³-hybridized carbons (Fsp3) is 0.368. The van der Waals surface area contributed by atoms with Gasteiger partial charge in [-0.3, -0.25) is 4.90 Å². The predicted octanol–water partition coefficient (Wildman–Crippen LogP) is 3.85. The number of halogens is 1. The van der Waals surface area contributed by atoms with Gasteiger partial charge in [0.15, 0.2) is 0 Å². The highest BCUT2D eigenvalue weighted by Gasteiger charge is 2.31. The number of ether oxygens (including phenoxy) is 1. The van der Waals surface area contributed by atoms with Crippen molar-refractivity contribution in [3.8, 4) is 5.75 Å². The van der Waals surface area contributed by atoms with Crippen molar-refractivity contribution >= 4 is 15.9 Å². The summed E-state index contributed by atoms with van der Waals surface area (Å²) < 4.78 is 7.20. The molecule has 1 atom stereocenters. The lowest BCUT2D eigenvalue weighted by Gasteiger charge is -2.37. The van der Waals surface area contributed by atoms with E-state index in [4.69, 9.17) is 10.5 Å². The molecule has 4 heteroatoms. The van der Waals surface area contributed by atoms with Crippen LogP contribution < -0.4 is 10.5 Å². The molecule has 1 saturated heterocycles. The molecular formula is C19H21BrN2O. The normalized spacial score (nSPS) is 21.9. The van der Waals surface area contributed by atoms with Crippen molar-refractivity contribution in [3.05, 3.63) is 63.6 Å². The highest BCUT2D eigenvalue weighted by Crippen LogP contribution is 2.41. The largest absolute Gasteiger partial charge is 0.489 e. The molecule has 23 heavy (non-hydrogen) atoms. The van der Waals surface area contributed by atoms with Crippen molar-refractivity contribution in [2.45, 2.75) is 31.5 Å². The lowest BCUT2D eigenvalue weighted by Crippen LogP contribution is -2.42. The second-order valence-corrected chi connectivity index (χ2v) is 7.36. The summed E-state index contributed by atoms with van der Waals surface area (Å²) in [5.41, 5.74) is 10.0. The van der Waals surface area contributed by atoms with Crippen LogP contribution >= 0.6 is 15.9 Å². The van der Waals surface area contributed by atoms with Crippen LogP contribution in [0.25, 0.3) is 0 Å². The molecule has 0 saturated carbocycles. The van der Waals surface area contributed by atoms with Crippen LogP contribution in [-0.2, 0) is 6.61 Å². The summed E-state index contributed by atoms with van der Waals surface area (Å²) in [5.74, 6) is 0.990. The number of likely N-dealkylation sites (tertiary alicyclic amines) is 1. The van der Waals surface area contributed by atoms with Crippen LogP contribution in [0, 0.1) is 0 Å². The van der Waals surface area contributed by atoms with Crippen LogP contribution in [0.3, 0.4) is 0 Å². The van der Waals surface area contributed by atoms with Crippen LogP contribution in [0.15, 0.2) is 46.9 Å². The van der Waals surface area contributed by atoms with E-state index in [1.54, 1.807) is 0 Å². The Morgan fingerprint density at radius 2 is 1.83 bits per heavy atom. The minimum absolute atomic E-state index is 0.244.